The Bertz CT molecular complexity index is 451. The molecule has 6 heteroatoms. The van der Waals surface area contributed by atoms with Gasteiger partial charge in [0.05, 0.1) is 27.3 Å². The number of rotatable bonds is 4. The number of amides is 1. The van der Waals surface area contributed by atoms with Gasteiger partial charge in [-0.3, -0.25) is 4.79 Å². The van der Waals surface area contributed by atoms with Crippen LogP contribution in [0.25, 0.3) is 0 Å². The molecule has 1 saturated heterocycles. The highest BCUT2D eigenvalue weighted by Crippen LogP contribution is 2.36. The van der Waals surface area contributed by atoms with Crippen molar-refractivity contribution in [2.75, 3.05) is 33.9 Å². The van der Waals surface area contributed by atoms with Gasteiger partial charge in [0.15, 0.2) is 18.0 Å². The lowest BCUT2D eigenvalue weighted by atomic mass is 10.1. The van der Waals surface area contributed by atoms with Gasteiger partial charge in [-0.05, 0) is 12.1 Å². The van der Waals surface area contributed by atoms with Crippen LogP contribution in [0, 0.1) is 0 Å². The average Bonchev–Trinajstić information content (AvgIpc) is 2.40. The van der Waals surface area contributed by atoms with Crippen LogP contribution in [0.3, 0.4) is 0 Å². The van der Waals surface area contributed by atoms with E-state index < -0.39 is 0 Å². The zero-order valence-corrected chi connectivity index (χ0v) is 11.2. The quantitative estimate of drug-likeness (QED) is 0.649. The number of quaternary nitrogens is 1. The predicted octanol–water partition coefficient (Wildman–Crippen LogP) is -1.08. The lowest BCUT2D eigenvalue weighted by molar-refractivity contribution is -0.907. The number of piperazine rings is 1. The largest absolute Gasteiger partial charge is 0.502 e. The summed E-state index contributed by atoms with van der Waals surface area (Å²) in [6.07, 6.45) is 0. The molecule has 1 aromatic rings. The van der Waals surface area contributed by atoms with Gasteiger partial charge in [-0.15, -0.1) is 0 Å². The van der Waals surface area contributed by atoms with Crippen LogP contribution in [0.2, 0.25) is 0 Å². The van der Waals surface area contributed by atoms with Gasteiger partial charge in [0.2, 0.25) is 5.75 Å². The van der Waals surface area contributed by atoms with Gasteiger partial charge in [0, 0.05) is 5.56 Å². The van der Waals surface area contributed by atoms with Crippen molar-refractivity contribution in [1.82, 2.24) is 5.32 Å². The molecule has 1 aliphatic heterocycles. The number of ether oxygens (including phenoxy) is 2. The van der Waals surface area contributed by atoms with Crippen LogP contribution in [0.5, 0.6) is 17.2 Å². The molecule has 0 bridgehead atoms. The van der Waals surface area contributed by atoms with Gasteiger partial charge in [-0.2, -0.15) is 0 Å². The summed E-state index contributed by atoms with van der Waals surface area (Å²) in [7, 11) is 3.00. The maximum absolute atomic E-state index is 11.3. The number of benzene rings is 1. The molecule has 0 spiro atoms. The monoisotopic (exact) mass is 267 g/mol. The highest BCUT2D eigenvalue weighted by atomic mass is 16.5. The third-order valence-corrected chi connectivity index (χ3v) is 3.20. The number of carbonyl (C=O) groups excluding carboxylic acids is 1. The Kier molecular flexibility index (Phi) is 4.11. The number of nitrogens with one attached hydrogen (secondary N) is 2. The lowest BCUT2D eigenvalue weighted by Crippen LogP contribution is -3.14. The van der Waals surface area contributed by atoms with E-state index in [-0.39, 0.29) is 11.7 Å². The van der Waals surface area contributed by atoms with E-state index in [0.717, 1.165) is 12.1 Å². The van der Waals surface area contributed by atoms with Crippen molar-refractivity contribution in [2.24, 2.45) is 0 Å². The fourth-order valence-electron chi connectivity index (χ4n) is 2.25. The van der Waals surface area contributed by atoms with E-state index in [1.165, 1.54) is 19.1 Å². The molecule has 0 aromatic heterocycles. The minimum Gasteiger partial charge on any atom is -0.502 e. The van der Waals surface area contributed by atoms with Crippen LogP contribution >= 0.6 is 0 Å². The average molecular weight is 267 g/mol. The van der Waals surface area contributed by atoms with Gasteiger partial charge < -0.3 is 24.8 Å². The number of aromatic hydroxyl groups is 1. The summed E-state index contributed by atoms with van der Waals surface area (Å²) in [6.45, 7) is 2.74. The Balaban J connectivity index is 2.17. The molecule has 3 N–H and O–H groups in total. The number of methoxy groups -OCH3 is 2. The molecule has 1 atom stereocenters. The number of phenolic OH excluding ortho intramolecular Hbond substituents is 1. The Labute approximate surface area is 111 Å². The second kappa shape index (κ2) is 5.79. The Morgan fingerprint density at radius 1 is 1.32 bits per heavy atom. The highest BCUT2D eigenvalue weighted by molar-refractivity contribution is 5.77. The minimum absolute atomic E-state index is 0.000127. The summed E-state index contributed by atoms with van der Waals surface area (Å²) in [5, 5.41) is 12.6. The molecule has 1 amide bonds. The second-order valence-corrected chi connectivity index (χ2v) is 4.55. The number of hydrogen-bond acceptors (Lipinski definition) is 4. The van der Waals surface area contributed by atoms with Crippen LogP contribution in [-0.2, 0) is 11.3 Å². The van der Waals surface area contributed by atoms with E-state index >= 15 is 0 Å². The summed E-state index contributed by atoms with van der Waals surface area (Å²) in [5.41, 5.74) is 0.969. The number of hydrogen-bond donors (Lipinski definition) is 3. The van der Waals surface area contributed by atoms with Gasteiger partial charge in [-0.1, -0.05) is 0 Å². The number of carbonyl (C=O) groups is 1. The topological polar surface area (TPSA) is 72.2 Å². The van der Waals surface area contributed by atoms with Gasteiger partial charge in [0.25, 0.3) is 5.91 Å². The fourth-order valence-corrected chi connectivity index (χ4v) is 2.25. The summed E-state index contributed by atoms with van der Waals surface area (Å²) < 4.78 is 10.2. The molecule has 1 aromatic carbocycles. The second-order valence-electron chi connectivity index (χ2n) is 4.55. The normalized spacial score (nSPS) is 18.8. The van der Waals surface area contributed by atoms with E-state index in [9.17, 15) is 9.90 Å². The first-order chi connectivity index (χ1) is 9.13. The van der Waals surface area contributed by atoms with Crippen LogP contribution in [-0.4, -0.2) is 44.9 Å². The molecular formula is C13H19N2O4+. The first-order valence-electron chi connectivity index (χ1n) is 6.18. The third-order valence-electron chi connectivity index (χ3n) is 3.20. The van der Waals surface area contributed by atoms with Crippen LogP contribution in [0.1, 0.15) is 5.56 Å². The molecular weight excluding hydrogens is 248 g/mol. The van der Waals surface area contributed by atoms with E-state index in [2.05, 4.69) is 5.32 Å². The number of phenols is 1. The summed E-state index contributed by atoms with van der Waals surface area (Å²) in [4.78, 5) is 12.5. The van der Waals surface area contributed by atoms with Crippen molar-refractivity contribution in [3.8, 4) is 17.2 Å². The Hall–Kier alpha value is -1.95. The van der Waals surface area contributed by atoms with Crippen molar-refractivity contribution in [3.63, 3.8) is 0 Å². The maximum Gasteiger partial charge on any atom is 0.275 e. The van der Waals surface area contributed by atoms with Crippen molar-refractivity contribution < 1.29 is 24.3 Å². The Morgan fingerprint density at radius 2 is 1.95 bits per heavy atom. The summed E-state index contributed by atoms with van der Waals surface area (Å²) >= 11 is 0. The summed E-state index contributed by atoms with van der Waals surface area (Å²) in [5.74, 6) is 0.838. The highest BCUT2D eigenvalue weighted by Gasteiger charge is 2.21. The smallest absolute Gasteiger partial charge is 0.275 e. The van der Waals surface area contributed by atoms with Crippen LogP contribution in [0.4, 0.5) is 0 Å². The van der Waals surface area contributed by atoms with Crippen LogP contribution in [0.15, 0.2) is 12.1 Å². The molecule has 19 heavy (non-hydrogen) atoms. The minimum atomic E-state index is 0.000127. The molecule has 0 aliphatic carbocycles. The first-order valence-corrected chi connectivity index (χ1v) is 6.18. The molecule has 2 rings (SSSR count). The zero-order chi connectivity index (χ0) is 13.8. The van der Waals surface area contributed by atoms with Gasteiger partial charge >= 0.3 is 0 Å². The van der Waals surface area contributed by atoms with Crippen molar-refractivity contribution in [3.05, 3.63) is 17.7 Å². The fraction of sp³-hybridized carbons (Fsp3) is 0.462. The molecule has 1 fully saturated rings. The summed E-state index contributed by atoms with van der Waals surface area (Å²) in [6, 6.07) is 3.55. The Morgan fingerprint density at radius 3 is 2.47 bits per heavy atom. The molecule has 0 saturated carbocycles. The molecule has 0 radical (unpaired) electrons. The lowest BCUT2D eigenvalue weighted by Gasteiger charge is -2.24. The van der Waals surface area contributed by atoms with Crippen molar-refractivity contribution in [1.29, 1.82) is 0 Å². The van der Waals surface area contributed by atoms with Crippen molar-refractivity contribution >= 4 is 5.91 Å². The molecule has 104 valence electrons. The van der Waals surface area contributed by atoms with Crippen molar-refractivity contribution in [2.45, 2.75) is 6.54 Å². The predicted molar refractivity (Wildman–Crippen MR) is 68.6 cm³/mol. The standard InChI is InChI=1S/C13H18N2O4/c1-18-10-5-9(6-11(19-2)13(10)17)7-15-4-3-14-12(16)8-15/h5-6,17H,3-4,7-8H2,1-2H3,(H,14,16)/p+1. The molecule has 1 aliphatic rings. The van der Waals surface area contributed by atoms with E-state index in [0.29, 0.717) is 31.1 Å². The van der Waals surface area contributed by atoms with E-state index in [4.69, 9.17) is 9.47 Å². The van der Waals surface area contributed by atoms with Crippen LogP contribution < -0.4 is 19.7 Å². The molecule has 1 unspecified atom stereocenters. The zero-order valence-electron chi connectivity index (χ0n) is 11.2. The molecule has 6 nitrogen and oxygen atoms in total. The maximum atomic E-state index is 11.3. The SMILES string of the molecule is COc1cc(C[NH+]2CCNC(=O)C2)cc(OC)c1O. The third kappa shape index (κ3) is 3.08. The van der Waals surface area contributed by atoms with Gasteiger partial charge in [-0.25, -0.2) is 0 Å². The first kappa shape index (κ1) is 13.5. The van der Waals surface area contributed by atoms with E-state index in [1.54, 1.807) is 12.1 Å². The van der Waals surface area contributed by atoms with Gasteiger partial charge in [0.1, 0.15) is 6.54 Å². The molecule has 1 heterocycles. The van der Waals surface area contributed by atoms with E-state index in [1.807, 2.05) is 0 Å².